The highest BCUT2D eigenvalue weighted by molar-refractivity contribution is 6.21. The Kier molecular flexibility index (Phi) is 7.84. The molecule has 0 atom stereocenters. The molecular formula is C17H23NO6. The molecule has 0 aliphatic carbocycles. The van der Waals surface area contributed by atoms with Gasteiger partial charge in [-0.15, -0.1) is 0 Å². The Morgan fingerprint density at radius 3 is 1.71 bits per heavy atom. The lowest BCUT2D eigenvalue weighted by Gasteiger charge is -2.13. The number of benzene rings is 1. The molecule has 1 aromatic carbocycles. The Morgan fingerprint density at radius 1 is 0.750 bits per heavy atom. The monoisotopic (exact) mass is 337 g/mol. The second kappa shape index (κ2) is 10.1. The van der Waals surface area contributed by atoms with E-state index in [1.165, 1.54) is 4.90 Å². The number of hydrogen-bond acceptors (Lipinski definition) is 6. The number of imide groups is 1. The van der Waals surface area contributed by atoms with E-state index in [1.807, 2.05) is 0 Å². The summed E-state index contributed by atoms with van der Waals surface area (Å²) in [6.45, 7) is 3.50. The SMILES string of the molecule is COCCOCCOCCOCCN1C(=O)c2ccccc2C1=O. The van der Waals surface area contributed by atoms with E-state index in [9.17, 15) is 9.59 Å². The van der Waals surface area contributed by atoms with Gasteiger partial charge in [0.15, 0.2) is 0 Å². The van der Waals surface area contributed by atoms with Crippen molar-refractivity contribution in [2.75, 3.05) is 59.9 Å². The van der Waals surface area contributed by atoms with Crippen LogP contribution in [0, 0.1) is 0 Å². The molecule has 7 nitrogen and oxygen atoms in total. The van der Waals surface area contributed by atoms with Crippen molar-refractivity contribution in [2.24, 2.45) is 0 Å². The second-order valence-corrected chi connectivity index (χ2v) is 5.14. The van der Waals surface area contributed by atoms with Crippen LogP contribution in [0.3, 0.4) is 0 Å². The van der Waals surface area contributed by atoms with Gasteiger partial charge in [0.05, 0.1) is 63.9 Å². The van der Waals surface area contributed by atoms with Crippen LogP contribution in [0.25, 0.3) is 0 Å². The van der Waals surface area contributed by atoms with Crippen LogP contribution in [-0.4, -0.2) is 76.6 Å². The first kappa shape index (κ1) is 18.5. The molecule has 2 amide bonds. The zero-order chi connectivity index (χ0) is 17.2. The van der Waals surface area contributed by atoms with E-state index in [0.29, 0.717) is 57.4 Å². The summed E-state index contributed by atoms with van der Waals surface area (Å²) in [5.74, 6) is -0.521. The highest BCUT2D eigenvalue weighted by Gasteiger charge is 2.34. The summed E-state index contributed by atoms with van der Waals surface area (Å²) in [5.41, 5.74) is 0.915. The molecule has 24 heavy (non-hydrogen) atoms. The summed E-state index contributed by atoms with van der Waals surface area (Å²) in [4.78, 5) is 25.5. The van der Waals surface area contributed by atoms with E-state index in [0.717, 1.165) is 0 Å². The molecule has 0 spiro atoms. The maximum atomic E-state index is 12.1. The quantitative estimate of drug-likeness (QED) is 0.418. The number of carbonyl (C=O) groups is 2. The standard InChI is InChI=1S/C17H23NO6/c1-21-8-9-23-12-13-24-11-10-22-7-6-18-16(19)14-4-2-3-5-15(14)17(18)20/h2-5H,6-13H2,1H3. The van der Waals surface area contributed by atoms with Gasteiger partial charge in [-0.1, -0.05) is 12.1 Å². The molecule has 0 unspecified atom stereocenters. The molecule has 1 aliphatic rings. The molecule has 0 bridgehead atoms. The second-order valence-electron chi connectivity index (χ2n) is 5.14. The summed E-state index contributed by atoms with van der Waals surface area (Å²) in [5, 5.41) is 0. The maximum absolute atomic E-state index is 12.1. The first-order valence-corrected chi connectivity index (χ1v) is 7.93. The van der Waals surface area contributed by atoms with Crippen LogP contribution in [0.1, 0.15) is 20.7 Å². The maximum Gasteiger partial charge on any atom is 0.261 e. The fourth-order valence-corrected chi connectivity index (χ4v) is 2.28. The highest BCUT2D eigenvalue weighted by Crippen LogP contribution is 2.21. The zero-order valence-electron chi connectivity index (χ0n) is 13.9. The number of amides is 2. The highest BCUT2D eigenvalue weighted by atomic mass is 16.6. The minimum absolute atomic E-state index is 0.243. The summed E-state index contributed by atoms with van der Waals surface area (Å²) in [7, 11) is 1.62. The van der Waals surface area contributed by atoms with Crippen LogP contribution in [0.15, 0.2) is 24.3 Å². The fourth-order valence-electron chi connectivity index (χ4n) is 2.28. The fraction of sp³-hybridized carbons (Fsp3) is 0.529. The largest absolute Gasteiger partial charge is 0.382 e. The lowest BCUT2D eigenvalue weighted by atomic mass is 10.1. The topological polar surface area (TPSA) is 74.3 Å². The van der Waals surface area contributed by atoms with E-state index in [4.69, 9.17) is 18.9 Å². The lowest BCUT2D eigenvalue weighted by Crippen LogP contribution is -2.33. The Morgan fingerprint density at radius 2 is 1.21 bits per heavy atom. The molecule has 1 heterocycles. The molecule has 0 saturated carbocycles. The van der Waals surface area contributed by atoms with E-state index < -0.39 is 0 Å². The molecule has 0 aromatic heterocycles. The first-order chi connectivity index (χ1) is 11.8. The van der Waals surface area contributed by atoms with Gasteiger partial charge in [-0.2, -0.15) is 0 Å². The van der Waals surface area contributed by atoms with Crippen LogP contribution >= 0.6 is 0 Å². The average molecular weight is 337 g/mol. The van der Waals surface area contributed by atoms with Crippen molar-refractivity contribution in [1.29, 1.82) is 0 Å². The van der Waals surface area contributed by atoms with Gasteiger partial charge in [0.25, 0.3) is 11.8 Å². The number of nitrogens with zero attached hydrogens (tertiary/aromatic N) is 1. The number of hydrogen-bond donors (Lipinski definition) is 0. The summed E-state index contributed by atoms with van der Waals surface area (Å²) in [6.07, 6.45) is 0. The summed E-state index contributed by atoms with van der Waals surface area (Å²) < 4.78 is 20.8. The van der Waals surface area contributed by atoms with Gasteiger partial charge in [0, 0.05) is 7.11 Å². The summed E-state index contributed by atoms with van der Waals surface area (Å²) >= 11 is 0. The number of fused-ring (bicyclic) bond motifs is 1. The van der Waals surface area contributed by atoms with Crippen LogP contribution < -0.4 is 0 Å². The zero-order valence-corrected chi connectivity index (χ0v) is 13.9. The number of methoxy groups -OCH3 is 1. The van der Waals surface area contributed by atoms with Crippen molar-refractivity contribution in [3.8, 4) is 0 Å². The van der Waals surface area contributed by atoms with Crippen LogP contribution in [0.5, 0.6) is 0 Å². The van der Waals surface area contributed by atoms with E-state index in [2.05, 4.69) is 0 Å². The molecule has 1 aromatic rings. The Bertz CT molecular complexity index is 513. The van der Waals surface area contributed by atoms with Gasteiger partial charge in [0.2, 0.25) is 0 Å². The molecule has 0 radical (unpaired) electrons. The minimum Gasteiger partial charge on any atom is -0.382 e. The van der Waals surface area contributed by atoms with Crippen molar-refractivity contribution in [1.82, 2.24) is 4.90 Å². The van der Waals surface area contributed by atoms with Crippen LogP contribution in [-0.2, 0) is 18.9 Å². The van der Waals surface area contributed by atoms with Crippen LogP contribution in [0.2, 0.25) is 0 Å². The number of carbonyl (C=O) groups excluding carboxylic acids is 2. The molecule has 0 N–H and O–H groups in total. The third kappa shape index (κ3) is 5.10. The smallest absolute Gasteiger partial charge is 0.261 e. The third-order valence-corrected chi connectivity index (χ3v) is 3.51. The molecule has 2 rings (SSSR count). The Labute approximate surface area is 141 Å². The van der Waals surface area contributed by atoms with Crippen LogP contribution in [0.4, 0.5) is 0 Å². The number of ether oxygens (including phenoxy) is 4. The predicted octanol–water partition coefficient (Wildman–Crippen LogP) is 0.979. The first-order valence-electron chi connectivity index (χ1n) is 7.93. The van der Waals surface area contributed by atoms with Gasteiger partial charge >= 0.3 is 0 Å². The molecule has 0 saturated heterocycles. The molecule has 0 fully saturated rings. The summed E-state index contributed by atoms with van der Waals surface area (Å²) in [6, 6.07) is 6.83. The van der Waals surface area contributed by atoms with Crippen molar-refractivity contribution in [2.45, 2.75) is 0 Å². The Hall–Kier alpha value is -1.80. The lowest BCUT2D eigenvalue weighted by molar-refractivity contribution is 0.00173. The number of rotatable bonds is 12. The molecular weight excluding hydrogens is 314 g/mol. The van der Waals surface area contributed by atoms with Crippen molar-refractivity contribution in [3.63, 3.8) is 0 Å². The molecule has 132 valence electrons. The van der Waals surface area contributed by atoms with Gasteiger partial charge in [-0.05, 0) is 12.1 Å². The van der Waals surface area contributed by atoms with Gasteiger partial charge in [-0.3, -0.25) is 14.5 Å². The van der Waals surface area contributed by atoms with Gasteiger partial charge in [0.1, 0.15) is 0 Å². The van der Waals surface area contributed by atoms with Gasteiger partial charge in [-0.25, -0.2) is 0 Å². The molecule has 7 heteroatoms. The van der Waals surface area contributed by atoms with E-state index in [-0.39, 0.29) is 18.4 Å². The van der Waals surface area contributed by atoms with Crippen molar-refractivity contribution in [3.05, 3.63) is 35.4 Å². The Balaban J connectivity index is 1.53. The third-order valence-electron chi connectivity index (χ3n) is 3.51. The van der Waals surface area contributed by atoms with Crippen molar-refractivity contribution < 1.29 is 28.5 Å². The van der Waals surface area contributed by atoms with E-state index >= 15 is 0 Å². The minimum atomic E-state index is -0.261. The predicted molar refractivity (Wildman–Crippen MR) is 86.1 cm³/mol. The van der Waals surface area contributed by atoms with Gasteiger partial charge < -0.3 is 18.9 Å². The van der Waals surface area contributed by atoms with E-state index in [1.54, 1.807) is 31.4 Å². The van der Waals surface area contributed by atoms with Crippen molar-refractivity contribution >= 4 is 11.8 Å². The normalized spacial score (nSPS) is 13.6. The average Bonchev–Trinajstić information content (AvgIpc) is 2.84. The molecule has 1 aliphatic heterocycles.